The van der Waals surface area contributed by atoms with Crippen molar-refractivity contribution in [3.63, 3.8) is 0 Å². The molecule has 1 aromatic rings. The molecule has 0 spiro atoms. The van der Waals surface area contributed by atoms with Crippen LogP contribution in [0.5, 0.6) is 0 Å². The molecule has 16 heavy (non-hydrogen) atoms. The quantitative estimate of drug-likeness (QED) is 0.810. The maximum absolute atomic E-state index is 9.29. The van der Waals surface area contributed by atoms with E-state index in [-0.39, 0.29) is 6.10 Å². The number of benzene rings is 1. The van der Waals surface area contributed by atoms with Crippen LogP contribution in [0.2, 0.25) is 0 Å². The molecule has 0 bridgehead atoms. The minimum absolute atomic E-state index is 0.248. The molecule has 2 nitrogen and oxygen atoms in total. The van der Waals surface area contributed by atoms with Gasteiger partial charge in [0.05, 0.1) is 6.10 Å². The SMILES string of the molecule is CC(O)Cc1ccc(CC2CCCN2)cc1. The summed E-state index contributed by atoms with van der Waals surface area (Å²) in [4.78, 5) is 0. The zero-order valence-electron chi connectivity index (χ0n) is 9.95. The highest BCUT2D eigenvalue weighted by Crippen LogP contribution is 2.13. The van der Waals surface area contributed by atoms with Crippen molar-refractivity contribution in [2.75, 3.05) is 6.54 Å². The summed E-state index contributed by atoms with van der Waals surface area (Å²) >= 11 is 0. The molecule has 1 saturated heterocycles. The van der Waals surface area contributed by atoms with Crippen LogP contribution < -0.4 is 5.32 Å². The van der Waals surface area contributed by atoms with Crippen LogP contribution in [-0.4, -0.2) is 23.8 Å². The third-order valence-corrected chi connectivity index (χ3v) is 3.20. The van der Waals surface area contributed by atoms with Crippen LogP contribution in [0.15, 0.2) is 24.3 Å². The summed E-state index contributed by atoms with van der Waals surface area (Å²) in [6, 6.07) is 9.33. The second-order valence-electron chi connectivity index (χ2n) is 4.87. The summed E-state index contributed by atoms with van der Waals surface area (Å²) in [7, 11) is 0. The molecule has 1 heterocycles. The fourth-order valence-electron chi connectivity index (χ4n) is 2.37. The lowest BCUT2D eigenvalue weighted by molar-refractivity contribution is 0.195. The van der Waals surface area contributed by atoms with Crippen LogP contribution in [0.3, 0.4) is 0 Å². The lowest BCUT2D eigenvalue weighted by Crippen LogP contribution is -2.23. The van der Waals surface area contributed by atoms with E-state index in [4.69, 9.17) is 0 Å². The van der Waals surface area contributed by atoms with E-state index in [1.54, 1.807) is 0 Å². The zero-order valence-corrected chi connectivity index (χ0v) is 9.95. The van der Waals surface area contributed by atoms with E-state index in [1.165, 1.54) is 30.5 Å². The summed E-state index contributed by atoms with van der Waals surface area (Å²) in [6.07, 6.45) is 4.25. The number of aliphatic hydroxyl groups is 1. The number of rotatable bonds is 4. The summed E-state index contributed by atoms with van der Waals surface area (Å²) in [5.41, 5.74) is 2.62. The largest absolute Gasteiger partial charge is 0.393 e. The maximum Gasteiger partial charge on any atom is 0.0552 e. The van der Waals surface area contributed by atoms with Crippen molar-refractivity contribution in [1.29, 1.82) is 0 Å². The first-order chi connectivity index (χ1) is 7.74. The van der Waals surface area contributed by atoms with E-state index >= 15 is 0 Å². The van der Waals surface area contributed by atoms with Crippen LogP contribution in [0, 0.1) is 0 Å². The van der Waals surface area contributed by atoms with Crippen molar-refractivity contribution in [1.82, 2.24) is 5.32 Å². The lowest BCUT2D eigenvalue weighted by atomic mass is 10.0. The molecule has 2 rings (SSSR count). The molecule has 2 atom stereocenters. The van der Waals surface area contributed by atoms with Gasteiger partial charge in [0.1, 0.15) is 0 Å². The molecule has 1 aliphatic heterocycles. The standard InChI is InChI=1S/C14H21NO/c1-11(16)9-12-4-6-13(7-5-12)10-14-3-2-8-15-14/h4-7,11,14-16H,2-3,8-10H2,1H3. The minimum atomic E-state index is -0.248. The van der Waals surface area contributed by atoms with Crippen molar-refractivity contribution in [3.05, 3.63) is 35.4 Å². The van der Waals surface area contributed by atoms with Crippen LogP contribution in [-0.2, 0) is 12.8 Å². The average molecular weight is 219 g/mol. The van der Waals surface area contributed by atoms with Gasteiger partial charge in [0.15, 0.2) is 0 Å². The van der Waals surface area contributed by atoms with E-state index in [0.717, 1.165) is 12.8 Å². The van der Waals surface area contributed by atoms with E-state index < -0.39 is 0 Å². The van der Waals surface area contributed by atoms with Gasteiger partial charge in [0.2, 0.25) is 0 Å². The normalized spacial score (nSPS) is 22.2. The first kappa shape index (κ1) is 11.6. The molecule has 0 aromatic heterocycles. The Kier molecular flexibility index (Phi) is 3.97. The number of nitrogens with one attached hydrogen (secondary N) is 1. The molecule has 0 aliphatic carbocycles. The van der Waals surface area contributed by atoms with Gasteiger partial charge >= 0.3 is 0 Å². The van der Waals surface area contributed by atoms with Gasteiger partial charge in [-0.3, -0.25) is 0 Å². The van der Waals surface area contributed by atoms with Crippen LogP contribution >= 0.6 is 0 Å². The van der Waals surface area contributed by atoms with Crippen LogP contribution in [0.4, 0.5) is 0 Å². The van der Waals surface area contributed by atoms with Gasteiger partial charge in [0.25, 0.3) is 0 Å². The van der Waals surface area contributed by atoms with Gasteiger partial charge < -0.3 is 10.4 Å². The van der Waals surface area contributed by atoms with Gasteiger partial charge in [-0.25, -0.2) is 0 Å². The first-order valence-corrected chi connectivity index (χ1v) is 6.23. The molecule has 1 aliphatic rings. The highest BCUT2D eigenvalue weighted by Gasteiger charge is 2.13. The number of hydrogen-bond donors (Lipinski definition) is 2. The summed E-state index contributed by atoms with van der Waals surface area (Å²) < 4.78 is 0. The average Bonchev–Trinajstić information content (AvgIpc) is 2.73. The minimum Gasteiger partial charge on any atom is -0.393 e. The van der Waals surface area contributed by atoms with E-state index in [1.807, 2.05) is 6.92 Å². The van der Waals surface area contributed by atoms with Crippen molar-refractivity contribution in [2.45, 2.75) is 44.8 Å². The van der Waals surface area contributed by atoms with Crippen molar-refractivity contribution in [3.8, 4) is 0 Å². The molecule has 0 radical (unpaired) electrons. The fourth-order valence-corrected chi connectivity index (χ4v) is 2.37. The van der Waals surface area contributed by atoms with Crippen molar-refractivity contribution in [2.24, 2.45) is 0 Å². The molecular weight excluding hydrogens is 198 g/mol. The fraction of sp³-hybridized carbons (Fsp3) is 0.571. The summed E-state index contributed by atoms with van der Waals surface area (Å²) in [5, 5.41) is 12.8. The Bertz CT molecular complexity index is 312. The second kappa shape index (κ2) is 5.46. The highest BCUT2D eigenvalue weighted by atomic mass is 16.3. The summed E-state index contributed by atoms with van der Waals surface area (Å²) in [5.74, 6) is 0. The van der Waals surface area contributed by atoms with Gasteiger partial charge in [0, 0.05) is 6.04 Å². The molecule has 1 fully saturated rings. The van der Waals surface area contributed by atoms with Gasteiger partial charge in [-0.2, -0.15) is 0 Å². The molecule has 88 valence electrons. The Morgan fingerprint density at radius 1 is 1.31 bits per heavy atom. The summed E-state index contributed by atoms with van der Waals surface area (Å²) in [6.45, 7) is 3.00. The Labute approximate surface area is 97.7 Å². The highest BCUT2D eigenvalue weighted by molar-refractivity contribution is 5.23. The first-order valence-electron chi connectivity index (χ1n) is 6.23. The predicted molar refractivity (Wildman–Crippen MR) is 66.6 cm³/mol. The second-order valence-corrected chi connectivity index (χ2v) is 4.87. The van der Waals surface area contributed by atoms with Crippen molar-refractivity contribution >= 4 is 0 Å². The van der Waals surface area contributed by atoms with E-state index in [2.05, 4.69) is 29.6 Å². The Morgan fingerprint density at radius 2 is 2.00 bits per heavy atom. The topological polar surface area (TPSA) is 32.3 Å². The van der Waals surface area contributed by atoms with E-state index in [9.17, 15) is 5.11 Å². The third-order valence-electron chi connectivity index (χ3n) is 3.20. The predicted octanol–water partition coefficient (Wildman–Crippen LogP) is 1.90. The molecule has 0 amide bonds. The van der Waals surface area contributed by atoms with Gasteiger partial charge in [-0.05, 0) is 50.3 Å². The zero-order chi connectivity index (χ0) is 11.4. The molecule has 1 aromatic carbocycles. The smallest absolute Gasteiger partial charge is 0.0552 e. The van der Waals surface area contributed by atoms with Crippen LogP contribution in [0.25, 0.3) is 0 Å². The van der Waals surface area contributed by atoms with Crippen molar-refractivity contribution < 1.29 is 5.11 Å². The molecule has 2 N–H and O–H groups in total. The Morgan fingerprint density at radius 3 is 2.56 bits per heavy atom. The Balaban J connectivity index is 1.90. The molecule has 0 saturated carbocycles. The number of hydrogen-bond acceptors (Lipinski definition) is 2. The van der Waals surface area contributed by atoms with Crippen LogP contribution in [0.1, 0.15) is 30.9 Å². The molecular formula is C14H21NO. The Hall–Kier alpha value is -0.860. The van der Waals surface area contributed by atoms with E-state index in [0.29, 0.717) is 6.04 Å². The molecule has 2 unspecified atom stereocenters. The maximum atomic E-state index is 9.29. The number of aliphatic hydroxyl groups excluding tert-OH is 1. The van der Waals surface area contributed by atoms with Gasteiger partial charge in [-0.15, -0.1) is 0 Å². The third kappa shape index (κ3) is 3.32. The molecule has 2 heteroatoms. The lowest BCUT2D eigenvalue weighted by Gasteiger charge is -2.11. The van der Waals surface area contributed by atoms with Gasteiger partial charge in [-0.1, -0.05) is 24.3 Å². The monoisotopic (exact) mass is 219 g/mol.